The Morgan fingerprint density at radius 1 is 1.19 bits per heavy atom. The van der Waals surface area contributed by atoms with Gasteiger partial charge in [0.1, 0.15) is 6.61 Å². The Hall–Kier alpha value is -3.02. The van der Waals surface area contributed by atoms with Crippen molar-refractivity contribution in [1.29, 1.82) is 0 Å². The maximum absolute atomic E-state index is 12.2. The molecule has 0 amide bonds. The van der Waals surface area contributed by atoms with Crippen LogP contribution in [0.2, 0.25) is 0 Å². The number of hydrogen-bond donors (Lipinski definition) is 2. The molecule has 0 fully saturated rings. The quantitative estimate of drug-likeness (QED) is 0.427. The number of nitrogens with two attached hydrogens (primary N) is 1. The van der Waals surface area contributed by atoms with E-state index in [2.05, 4.69) is 24.9 Å². The highest BCUT2D eigenvalue weighted by Crippen LogP contribution is 2.32. The van der Waals surface area contributed by atoms with E-state index in [1.807, 2.05) is 13.0 Å². The molecule has 0 spiro atoms. The Labute approximate surface area is 152 Å². The zero-order valence-electron chi connectivity index (χ0n) is 15.3. The third-order valence-corrected chi connectivity index (χ3v) is 3.87. The summed E-state index contributed by atoms with van der Waals surface area (Å²) < 4.78 is 10.6. The van der Waals surface area contributed by atoms with Crippen LogP contribution in [0.4, 0.5) is 5.69 Å². The zero-order chi connectivity index (χ0) is 19.1. The number of carbonyl (C=O) groups excluding carboxylic acids is 1. The fourth-order valence-corrected chi connectivity index (χ4v) is 2.52. The molecule has 0 aliphatic rings. The van der Waals surface area contributed by atoms with Crippen LogP contribution >= 0.6 is 0 Å². The van der Waals surface area contributed by atoms with Gasteiger partial charge >= 0.3 is 0 Å². The second-order valence-corrected chi connectivity index (χ2v) is 6.31. The number of nitrogen functional groups attached to an aromatic ring is 1. The number of rotatable bonds is 8. The van der Waals surface area contributed by atoms with E-state index in [9.17, 15) is 9.59 Å². The lowest BCUT2D eigenvalue weighted by atomic mass is 10.1. The van der Waals surface area contributed by atoms with E-state index >= 15 is 0 Å². The summed E-state index contributed by atoms with van der Waals surface area (Å²) in [4.78, 5) is 25.6. The fourth-order valence-electron chi connectivity index (χ4n) is 2.52. The van der Waals surface area contributed by atoms with Crippen LogP contribution < -0.4 is 20.8 Å². The van der Waals surface area contributed by atoms with E-state index in [0.717, 1.165) is 12.8 Å². The first kappa shape index (κ1) is 19.3. The highest BCUT2D eigenvalue weighted by Gasteiger charge is 2.15. The number of pyridine rings is 1. The Bertz CT molecular complexity index is 906. The SMILES string of the molecule is CC(C)=CCC/C(C)=C/COc1c(OC=O)c(=O)[nH]c2cc(N)ccc12. The number of allylic oxidation sites excluding steroid dienone is 3. The minimum Gasteiger partial charge on any atom is -0.485 e. The zero-order valence-corrected chi connectivity index (χ0v) is 15.3. The van der Waals surface area contributed by atoms with Crippen molar-refractivity contribution in [2.45, 2.75) is 33.6 Å². The van der Waals surface area contributed by atoms with Gasteiger partial charge in [-0.2, -0.15) is 0 Å². The topological polar surface area (TPSA) is 94.4 Å². The number of carbonyl (C=O) groups is 1. The predicted octanol–water partition coefficient (Wildman–Crippen LogP) is 3.72. The van der Waals surface area contributed by atoms with Crippen LogP contribution in [0, 0.1) is 0 Å². The van der Waals surface area contributed by atoms with Gasteiger partial charge in [-0.15, -0.1) is 0 Å². The second kappa shape index (κ2) is 8.89. The third kappa shape index (κ3) is 4.99. The molecule has 0 unspecified atom stereocenters. The number of nitrogens with one attached hydrogen (secondary N) is 1. The van der Waals surface area contributed by atoms with Crippen LogP contribution in [0.15, 0.2) is 46.3 Å². The highest BCUT2D eigenvalue weighted by molar-refractivity contribution is 5.89. The number of anilines is 1. The lowest BCUT2D eigenvalue weighted by Crippen LogP contribution is -2.13. The van der Waals surface area contributed by atoms with E-state index in [0.29, 0.717) is 16.6 Å². The molecule has 0 saturated carbocycles. The molecule has 2 aromatic rings. The monoisotopic (exact) mass is 356 g/mol. The van der Waals surface area contributed by atoms with Crippen LogP contribution in [0.5, 0.6) is 11.5 Å². The first-order valence-electron chi connectivity index (χ1n) is 8.40. The minimum absolute atomic E-state index is 0.159. The van der Waals surface area contributed by atoms with Gasteiger partial charge in [0.05, 0.1) is 5.52 Å². The molecule has 6 heteroatoms. The number of aromatic nitrogens is 1. The van der Waals surface area contributed by atoms with Gasteiger partial charge < -0.3 is 20.2 Å². The Kier molecular flexibility index (Phi) is 6.60. The van der Waals surface area contributed by atoms with Crippen molar-refractivity contribution in [3.63, 3.8) is 0 Å². The van der Waals surface area contributed by atoms with Gasteiger partial charge in [0, 0.05) is 11.1 Å². The van der Waals surface area contributed by atoms with E-state index in [-0.39, 0.29) is 24.6 Å². The highest BCUT2D eigenvalue weighted by atomic mass is 16.5. The second-order valence-electron chi connectivity index (χ2n) is 6.31. The van der Waals surface area contributed by atoms with E-state index in [1.54, 1.807) is 18.2 Å². The Balaban J connectivity index is 2.26. The number of hydrogen-bond acceptors (Lipinski definition) is 5. The van der Waals surface area contributed by atoms with Crippen molar-refractivity contribution >= 4 is 23.1 Å². The van der Waals surface area contributed by atoms with Gasteiger partial charge in [-0.05, 0) is 57.9 Å². The first-order valence-corrected chi connectivity index (χ1v) is 8.40. The maximum Gasteiger partial charge on any atom is 0.298 e. The number of ether oxygens (including phenoxy) is 2. The molecule has 1 aromatic carbocycles. The summed E-state index contributed by atoms with van der Waals surface area (Å²) in [5.74, 6) is 0.0667. The lowest BCUT2D eigenvalue weighted by molar-refractivity contribution is -0.120. The summed E-state index contributed by atoms with van der Waals surface area (Å²) in [5.41, 5.74) is 8.72. The maximum atomic E-state index is 12.2. The number of H-pyrrole nitrogens is 1. The van der Waals surface area contributed by atoms with Crippen molar-refractivity contribution in [2.24, 2.45) is 0 Å². The first-order chi connectivity index (χ1) is 12.4. The molecular weight excluding hydrogens is 332 g/mol. The largest absolute Gasteiger partial charge is 0.485 e. The Morgan fingerprint density at radius 3 is 2.65 bits per heavy atom. The smallest absolute Gasteiger partial charge is 0.298 e. The van der Waals surface area contributed by atoms with Crippen molar-refractivity contribution < 1.29 is 14.3 Å². The summed E-state index contributed by atoms with van der Waals surface area (Å²) in [5, 5.41) is 0.617. The van der Waals surface area contributed by atoms with Crippen LogP contribution in [0.3, 0.4) is 0 Å². The Morgan fingerprint density at radius 2 is 1.96 bits per heavy atom. The molecule has 0 radical (unpaired) electrons. The van der Waals surface area contributed by atoms with Gasteiger partial charge in [0.15, 0.2) is 5.75 Å². The lowest BCUT2D eigenvalue weighted by Gasteiger charge is -2.12. The summed E-state index contributed by atoms with van der Waals surface area (Å²) in [6.45, 7) is 6.64. The summed E-state index contributed by atoms with van der Waals surface area (Å²) in [7, 11) is 0. The fraction of sp³-hybridized carbons (Fsp3) is 0.300. The molecule has 0 bridgehead atoms. The number of benzene rings is 1. The molecule has 2 rings (SSSR count). The van der Waals surface area contributed by atoms with Crippen LogP contribution in [0.25, 0.3) is 10.9 Å². The van der Waals surface area contributed by atoms with Crippen molar-refractivity contribution in [3.8, 4) is 11.5 Å². The molecule has 1 aromatic heterocycles. The summed E-state index contributed by atoms with van der Waals surface area (Å²) in [6, 6.07) is 5.05. The minimum atomic E-state index is -0.547. The molecule has 0 aliphatic carbocycles. The average molecular weight is 356 g/mol. The summed E-state index contributed by atoms with van der Waals surface area (Å²) in [6.07, 6.45) is 6.03. The van der Waals surface area contributed by atoms with Crippen LogP contribution in [-0.4, -0.2) is 18.1 Å². The van der Waals surface area contributed by atoms with Crippen molar-refractivity contribution in [3.05, 3.63) is 51.9 Å². The molecular formula is C20H24N2O4. The van der Waals surface area contributed by atoms with Gasteiger partial charge in [0.2, 0.25) is 5.75 Å². The average Bonchev–Trinajstić information content (AvgIpc) is 2.57. The molecule has 1 heterocycles. The van der Waals surface area contributed by atoms with Crippen LogP contribution in [0.1, 0.15) is 33.6 Å². The molecule has 0 saturated heterocycles. The van der Waals surface area contributed by atoms with Crippen molar-refractivity contribution in [1.82, 2.24) is 4.98 Å². The van der Waals surface area contributed by atoms with Crippen LogP contribution in [-0.2, 0) is 4.79 Å². The molecule has 3 N–H and O–H groups in total. The molecule has 0 atom stereocenters. The van der Waals surface area contributed by atoms with Gasteiger partial charge in [-0.25, -0.2) is 0 Å². The van der Waals surface area contributed by atoms with Crippen molar-refractivity contribution in [2.75, 3.05) is 12.3 Å². The predicted molar refractivity (Wildman–Crippen MR) is 104 cm³/mol. The molecule has 0 aliphatic heterocycles. The van der Waals surface area contributed by atoms with Gasteiger partial charge in [-0.1, -0.05) is 17.2 Å². The van der Waals surface area contributed by atoms with E-state index in [4.69, 9.17) is 15.2 Å². The standard InChI is InChI=1S/C20H24N2O4/c1-13(2)5-4-6-14(3)9-10-25-18-16-8-7-15(21)11-17(16)22-20(24)19(18)26-12-23/h5,7-9,11-12H,4,6,10,21H2,1-3H3,(H,22,24)/b14-9+. The molecule has 138 valence electrons. The molecule has 26 heavy (non-hydrogen) atoms. The van der Waals surface area contributed by atoms with E-state index < -0.39 is 5.56 Å². The third-order valence-electron chi connectivity index (χ3n) is 3.87. The van der Waals surface area contributed by atoms with E-state index in [1.165, 1.54) is 11.1 Å². The molecule has 6 nitrogen and oxygen atoms in total. The number of fused-ring (bicyclic) bond motifs is 1. The van der Waals surface area contributed by atoms with Gasteiger partial charge in [-0.3, -0.25) is 9.59 Å². The summed E-state index contributed by atoms with van der Waals surface area (Å²) >= 11 is 0. The normalized spacial score (nSPS) is 11.3. The van der Waals surface area contributed by atoms with Gasteiger partial charge in [0.25, 0.3) is 12.0 Å². The number of aromatic amines is 1.